The van der Waals surface area contributed by atoms with Gasteiger partial charge in [-0.1, -0.05) is 6.92 Å². The van der Waals surface area contributed by atoms with Crippen molar-refractivity contribution in [3.8, 4) is 0 Å². The highest BCUT2D eigenvalue weighted by molar-refractivity contribution is 7.09. The average molecular weight is 326 g/mol. The van der Waals surface area contributed by atoms with Crippen LogP contribution in [0, 0.1) is 5.92 Å². The predicted molar refractivity (Wildman–Crippen MR) is 83.4 cm³/mol. The van der Waals surface area contributed by atoms with Crippen molar-refractivity contribution >= 4 is 42.1 Å². The second-order valence-electron chi connectivity index (χ2n) is 4.43. The summed E-state index contributed by atoms with van der Waals surface area (Å²) in [7, 11) is 0. The summed E-state index contributed by atoms with van der Waals surface area (Å²) >= 11 is 1.66. The number of nitrogens with one attached hydrogen (secondary N) is 2. The SMILES string of the molecule is CCc1nc(CNC(=O)CC2CCNC2)cs1.Cl.Cl. The maximum absolute atomic E-state index is 11.7. The number of hydrogen-bond acceptors (Lipinski definition) is 4. The molecule has 1 aromatic rings. The summed E-state index contributed by atoms with van der Waals surface area (Å²) in [5.41, 5.74) is 0.977. The molecular formula is C12H21Cl2N3OS. The van der Waals surface area contributed by atoms with E-state index in [1.54, 1.807) is 11.3 Å². The molecule has 2 N–H and O–H groups in total. The van der Waals surface area contributed by atoms with Gasteiger partial charge in [-0.3, -0.25) is 4.79 Å². The van der Waals surface area contributed by atoms with Gasteiger partial charge in [-0.25, -0.2) is 4.98 Å². The highest BCUT2D eigenvalue weighted by Gasteiger charge is 2.17. The Morgan fingerprint density at radius 2 is 2.37 bits per heavy atom. The number of nitrogens with zero attached hydrogens (tertiary/aromatic N) is 1. The zero-order chi connectivity index (χ0) is 12.1. The van der Waals surface area contributed by atoms with Gasteiger partial charge in [-0.15, -0.1) is 36.2 Å². The average Bonchev–Trinajstić information content (AvgIpc) is 2.96. The molecule has 0 spiro atoms. The van der Waals surface area contributed by atoms with Crippen molar-refractivity contribution in [2.24, 2.45) is 5.92 Å². The van der Waals surface area contributed by atoms with E-state index < -0.39 is 0 Å². The second kappa shape index (κ2) is 9.53. The Hall–Kier alpha value is -0.360. The summed E-state index contributed by atoms with van der Waals surface area (Å²) in [5, 5.41) is 9.37. The number of carbonyl (C=O) groups is 1. The van der Waals surface area contributed by atoms with Crippen molar-refractivity contribution in [3.63, 3.8) is 0 Å². The molecule has 0 radical (unpaired) electrons. The Labute approximate surface area is 130 Å². The Balaban J connectivity index is 0.00000162. The third-order valence-electron chi connectivity index (χ3n) is 3.00. The largest absolute Gasteiger partial charge is 0.350 e. The van der Waals surface area contributed by atoms with Gasteiger partial charge in [0.25, 0.3) is 0 Å². The fourth-order valence-electron chi connectivity index (χ4n) is 2.00. The highest BCUT2D eigenvalue weighted by Crippen LogP contribution is 2.12. The van der Waals surface area contributed by atoms with Crippen LogP contribution in [-0.2, 0) is 17.8 Å². The van der Waals surface area contributed by atoms with Crippen LogP contribution in [0.2, 0.25) is 0 Å². The molecule has 2 heterocycles. The minimum Gasteiger partial charge on any atom is -0.350 e. The van der Waals surface area contributed by atoms with Crippen molar-refractivity contribution in [1.29, 1.82) is 0 Å². The molecule has 0 bridgehead atoms. The van der Waals surface area contributed by atoms with Crippen LogP contribution < -0.4 is 10.6 Å². The maximum atomic E-state index is 11.7. The third kappa shape index (κ3) is 6.08. The molecule has 2 rings (SSSR count). The van der Waals surface area contributed by atoms with Gasteiger partial charge in [0.2, 0.25) is 5.91 Å². The molecule has 4 nitrogen and oxygen atoms in total. The van der Waals surface area contributed by atoms with Crippen molar-refractivity contribution in [3.05, 3.63) is 16.1 Å². The Morgan fingerprint density at radius 1 is 1.58 bits per heavy atom. The van der Waals surface area contributed by atoms with Gasteiger partial charge < -0.3 is 10.6 Å². The van der Waals surface area contributed by atoms with E-state index in [0.717, 1.165) is 36.6 Å². The van der Waals surface area contributed by atoms with Gasteiger partial charge in [0.1, 0.15) is 0 Å². The quantitative estimate of drug-likeness (QED) is 0.872. The van der Waals surface area contributed by atoms with Crippen LogP contribution in [0.1, 0.15) is 30.5 Å². The normalized spacial score (nSPS) is 17.4. The van der Waals surface area contributed by atoms with Crippen LogP contribution in [0.5, 0.6) is 0 Å². The van der Waals surface area contributed by atoms with Gasteiger partial charge in [-0.05, 0) is 31.8 Å². The van der Waals surface area contributed by atoms with Gasteiger partial charge in [0.05, 0.1) is 17.2 Å². The molecule has 0 aromatic carbocycles. The molecule has 1 saturated heterocycles. The lowest BCUT2D eigenvalue weighted by atomic mass is 10.0. The first-order valence-corrected chi connectivity index (χ1v) is 7.06. The Morgan fingerprint density at radius 3 is 2.95 bits per heavy atom. The zero-order valence-electron chi connectivity index (χ0n) is 11.0. The Bertz CT molecular complexity index is 381. The topological polar surface area (TPSA) is 54.0 Å². The van der Waals surface area contributed by atoms with E-state index in [-0.39, 0.29) is 30.7 Å². The lowest BCUT2D eigenvalue weighted by molar-refractivity contribution is -0.122. The van der Waals surface area contributed by atoms with Crippen LogP contribution >= 0.6 is 36.2 Å². The lowest BCUT2D eigenvalue weighted by Gasteiger charge is -2.07. The smallest absolute Gasteiger partial charge is 0.220 e. The fourth-order valence-corrected chi connectivity index (χ4v) is 2.75. The first-order chi connectivity index (χ1) is 8.28. The number of thiazole rings is 1. The molecule has 1 aromatic heterocycles. The summed E-state index contributed by atoms with van der Waals surface area (Å²) in [4.78, 5) is 16.1. The highest BCUT2D eigenvalue weighted by atomic mass is 35.5. The van der Waals surface area contributed by atoms with Crippen molar-refractivity contribution in [2.45, 2.75) is 32.7 Å². The first-order valence-electron chi connectivity index (χ1n) is 6.18. The molecule has 0 saturated carbocycles. The van der Waals surface area contributed by atoms with Crippen molar-refractivity contribution < 1.29 is 4.79 Å². The van der Waals surface area contributed by atoms with E-state index in [0.29, 0.717) is 18.9 Å². The van der Waals surface area contributed by atoms with E-state index in [9.17, 15) is 4.79 Å². The molecule has 1 fully saturated rings. The van der Waals surface area contributed by atoms with Crippen LogP contribution in [0.15, 0.2) is 5.38 Å². The van der Waals surface area contributed by atoms with Crippen molar-refractivity contribution in [1.82, 2.24) is 15.6 Å². The second-order valence-corrected chi connectivity index (χ2v) is 5.37. The summed E-state index contributed by atoms with van der Waals surface area (Å²) in [6.45, 7) is 4.68. The standard InChI is InChI=1S/C12H19N3OS.2ClH/c1-2-12-15-10(8-17-12)7-14-11(16)5-9-3-4-13-6-9;;/h8-9,13H,2-7H2,1H3,(H,14,16);2*1H. The third-order valence-corrected chi connectivity index (χ3v) is 4.05. The molecule has 1 atom stereocenters. The van der Waals surface area contributed by atoms with Crippen molar-refractivity contribution in [2.75, 3.05) is 13.1 Å². The fraction of sp³-hybridized carbons (Fsp3) is 0.667. The number of rotatable bonds is 5. The number of amides is 1. The van der Waals surface area contributed by atoms with Crippen LogP contribution in [0.3, 0.4) is 0 Å². The van der Waals surface area contributed by atoms with E-state index >= 15 is 0 Å². The Kier molecular flexibility index (Phi) is 9.35. The molecule has 1 aliphatic heterocycles. The van der Waals surface area contributed by atoms with Crippen LogP contribution in [-0.4, -0.2) is 24.0 Å². The summed E-state index contributed by atoms with van der Waals surface area (Å²) in [5.74, 6) is 0.654. The maximum Gasteiger partial charge on any atom is 0.220 e. The van der Waals surface area contributed by atoms with Gasteiger partial charge in [-0.2, -0.15) is 0 Å². The molecule has 110 valence electrons. The van der Waals surface area contributed by atoms with E-state index in [4.69, 9.17) is 0 Å². The molecular weight excluding hydrogens is 305 g/mol. The van der Waals surface area contributed by atoms with Crippen LogP contribution in [0.25, 0.3) is 0 Å². The van der Waals surface area contributed by atoms with Gasteiger partial charge in [0, 0.05) is 11.8 Å². The molecule has 7 heteroatoms. The number of carbonyl (C=O) groups excluding carboxylic acids is 1. The minimum absolute atomic E-state index is 0. The number of halogens is 2. The molecule has 1 unspecified atom stereocenters. The van der Waals surface area contributed by atoms with Crippen LogP contribution in [0.4, 0.5) is 0 Å². The van der Waals surface area contributed by atoms with E-state index in [2.05, 4.69) is 22.5 Å². The first kappa shape index (κ1) is 18.6. The molecule has 1 amide bonds. The number of aromatic nitrogens is 1. The zero-order valence-corrected chi connectivity index (χ0v) is 13.4. The summed E-state index contributed by atoms with van der Waals surface area (Å²) in [6.07, 6.45) is 2.72. The van der Waals surface area contributed by atoms with Gasteiger partial charge in [0.15, 0.2) is 0 Å². The lowest BCUT2D eigenvalue weighted by Crippen LogP contribution is -2.26. The molecule has 0 aliphatic carbocycles. The monoisotopic (exact) mass is 325 g/mol. The molecule has 19 heavy (non-hydrogen) atoms. The van der Waals surface area contributed by atoms with E-state index in [1.165, 1.54) is 0 Å². The number of hydrogen-bond donors (Lipinski definition) is 2. The predicted octanol–water partition coefficient (Wildman–Crippen LogP) is 2.16. The molecule has 1 aliphatic rings. The minimum atomic E-state index is 0. The summed E-state index contributed by atoms with van der Waals surface area (Å²) in [6, 6.07) is 0. The van der Waals surface area contributed by atoms with Gasteiger partial charge >= 0.3 is 0 Å². The number of aryl methyl sites for hydroxylation is 1. The van der Waals surface area contributed by atoms with E-state index in [1.807, 2.05) is 5.38 Å². The summed E-state index contributed by atoms with van der Waals surface area (Å²) < 4.78 is 0.